The van der Waals surface area contributed by atoms with Crippen LogP contribution in [0.25, 0.3) is 11.0 Å². The Morgan fingerprint density at radius 2 is 2.07 bits per heavy atom. The normalized spacial score (nSPS) is 15.4. The molecule has 30 heavy (non-hydrogen) atoms. The average Bonchev–Trinajstić information content (AvgIpc) is 3.25. The third-order valence-corrected chi connectivity index (χ3v) is 5.76. The molecule has 1 saturated heterocycles. The number of likely N-dealkylation sites (tertiary alicyclic amines) is 1. The molecule has 158 valence electrons. The first-order valence-electron chi connectivity index (χ1n) is 10.3. The Kier molecular flexibility index (Phi) is 6.55. The average molecular weight is 429 g/mol. The molecule has 2 aromatic heterocycles. The van der Waals surface area contributed by atoms with Crippen LogP contribution in [-0.2, 0) is 16.1 Å². The number of carbonyl (C=O) groups is 1. The molecule has 0 atom stereocenters. The molecule has 0 N–H and O–H groups in total. The number of nitrogens with zero attached hydrogens (tertiary/aromatic N) is 2. The minimum absolute atomic E-state index is 0.155. The molecule has 0 unspecified atom stereocenters. The number of rotatable bonds is 7. The van der Waals surface area contributed by atoms with E-state index in [-0.39, 0.29) is 5.97 Å². The van der Waals surface area contributed by atoms with E-state index in [2.05, 4.69) is 4.90 Å². The molecule has 3 heterocycles. The van der Waals surface area contributed by atoms with Crippen LogP contribution >= 0.6 is 11.6 Å². The van der Waals surface area contributed by atoms with Crippen molar-refractivity contribution in [3.63, 3.8) is 0 Å². The SMILES string of the molecule is CCOC(=O)CN1CCC(c2cccc(OCc3ccc(Cl)c4ccoc34)n2)CC1. The van der Waals surface area contributed by atoms with Gasteiger partial charge in [0.15, 0.2) is 0 Å². The minimum Gasteiger partial charge on any atom is -0.473 e. The molecule has 4 rings (SSSR count). The number of furan rings is 1. The summed E-state index contributed by atoms with van der Waals surface area (Å²) in [5, 5.41) is 1.55. The number of carbonyl (C=O) groups excluding carboxylic acids is 1. The highest BCUT2D eigenvalue weighted by atomic mass is 35.5. The van der Waals surface area contributed by atoms with E-state index in [1.807, 2.05) is 43.3 Å². The van der Waals surface area contributed by atoms with Crippen LogP contribution in [-0.4, -0.2) is 42.1 Å². The number of piperidine rings is 1. The zero-order valence-electron chi connectivity index (χ0n) is 17.0. The van der Waals surface area contributed by atoms with Crippen LogP contribution in [0.1, 0.15) is 36.9 Å². The highest BCUT2D eigenvalue weighted by Gasteiger charge is 2.23. The van der Waals surface area contributed by atoms with E-state index < -0.39 is 0 Å². The molecule has 0 aliphatic carbocycles. The molecular formula is C23H25ClN2O4. The first kappa shape index (κ1) is 20.7. The number of hydrogen-bond donors (Lipinski definition) is 0. The van der Waals surface area contributed by atoms with Gasteiger partial charge in [-0.15, -0.1) is 0 Å². The maximum atomic E-state index is 11.7. The molecule has 0 bridgehead atoms. The van der Waals surface area contributed by atoms with E-state index >= 15 is 0 Å². The van der Waals surface area contributed by atoms with Crippen LogP contribution in [0.4, 0.5) is 0 Å². The summed E-state index contributed by atoms with van der Waals surface area (Å²) in [4.78, 5) is 18.5. The Bertz CT molecular complexity index is 1010. The predicted molar refractivity (Wildman–Crippen MR) is 115 cm³/mol. The van der Waals surface area contributed by atoms with Gasteiger partial charge in [-0.05, 0) is 51.1 Å². The number of esters is 1. The van der Waals surface area contributed by atoms with Gasteiger partial charge in [-0.1, -0.05) is 23.7 Å². The standard InChI is InChI=1S/C23H25ClN2O4/c1-2-28-22(27)14-26-11-8-16(9-12-26)20-4-3-5-21(25-20)30-15-17-6-7-19(24)18-10-13-29-23(17)18/h3-7,10,13,16H,2,8-9,11-12,14-15H2,1H3. The number of halogens is 1. The number of ether oxygens (including phenoxy) is 2. The zero-order chi connectivity index (χ0) is 20.9. The summed E-state index contributed by atoms with van der Waals surface area (Å²) in [6.45, 7) is 4.69. The van der Waals surface area contributed by atoms with Crippen molar-refractivity contribution >= 4 is 28.5 Å². The largest absolute Gasteiger partial charge is 0.473 e. The molecule has 0 spiro atoms. The van der Waals surface area contributed by atoms with Crippen molar-refractivity contribution in [2.45, 2.75) is 32.3 Å². The van der Waals surface area contributed by atoms with Crippen LogP contribution in [0, 0.1) is 0 Å². The Balaban J connectivity index is 1.36. The van der Waals surface area contributed by atoms with Crippen molar-refractivity contribution in [1.29, 1.82) is 0 Å². The van der Waals surface area contributed by atoms with Gasteiger partial charge in [0.25, 0.3) is 0 Å². The summed E-state index contributed by atoms with van der Waals surface area (Å²) in [6, 6.07) is 11.5. The second kappa shape index (κ2) is 9.49. The quantitative estimate of drug-likeness (QED) is 0.503. The number of aromatic nitrogens is 1. The van der Waals surface area contributed by atoms with E-state index in [4.69, 9.17) is 30.5 Å². The predicted octanol–water partition coefficient (Wildman–Crippen LogP) is 4.80. The van der Waals surface area contributed by atoms with Crippen LogP contribution in [0.2, 0.25) is 5.02 Å². The second-order valence-electron chi connectivity index (χ2n) is 7.41. The number of pyridine rings is 1. The van der Waals surface area contributed by atoms with E-state index in [1.54, 1.807) is 6.26 Å². The van der Waals surface area contributed by atoms with Gasteiger partial charge in [-0.2, -0.15) is 0 Å². The molecule has 6 nitrogen and oxygen atoms in total. The van der Waals surface area contributed by atoms with E-state index in [0.29, 0.717) is 36.6 Å². The summed E-state index contributed by atoms with van der Waals surface area (Å²) in [5.74, 6) is 0.799. The van der Waals surface area contributed by atoms with Gasteiger partial charge in [0.05, 0.1) is 24.4 Å². The lowest BCUT2D eigenvalue weighted by atomic mass is 9.93. The molecule has 3 aromatic rings. The van der Waals surface area contributed by atoms with Crippen molar-refractivity contribution in [3.05, 3.63) is 58.9 Å². The Morgan fingerprint density at radius 3 is 2.87 bits per heavy atom. The molecule has 7 heteroatoms. The van der Waals surface area contributed by atoms with Gasteiger partial charge in [-0.3, -0.25) is 9.69 Å². The molecule has 1 fully saturated rings. The van der Waals surface area contributed by atoms with Crippen LogP contribution in [0.5, 0.6) is 5.88 Å². The summed E-state index contributed by atoms with van der Waals surface area (Å²) in [7, 11) is 0. The van der Waals surface area contributed by atoms with Crippen LogP contribution < -0.4 is 4.74 Å². The maximum absolute atomic E-state index is 11.7. The molecule has 0 amide bonds. The third kappa shape index (κ3) is 4.77. The molecule has 1 aliphatic heterocycles. The van der Waals surface area contributed by atoms with Crippen molar-refractivity contribution in [2.24, 2.45) is 0 Å². The Hall–Kier alpha value is -2.57. The fourth-order valence-corrected chi connectivity index (χ4v) is 4.08. The van der Waals surface area contributed by atoms with Gasteiger partial charge in [-0.25, -0.2) is 4.98 Å². The molecule has 1 aromatic carbocycles. The fraction of sp³-hybridized carbons (Fsp3) is 0.391. The van der Waals surface area contributed by atoms with Gasteiger partial charge >= 0.3 is 5.97 Å². The topological polar surface area (TPSA) is 64.8 Å². The minimum atomic E-state index is -0.155. The monoisotopic (exact) mass is 428 g/mol. The highest BCUT2D eigenvalue weighted by Crippen LogP contribution is 2.30. The van der Waals surface area contributed by atoms with Gasteiger partial charge < -0.3 is 13.9 Å². The molecular weight excluding hydrogens is 404 g/mol. The number of fused-ring (bicyclic) bond motifs is 1. The van der Waals surface area contributed by atoms with Gasteiger partial charge in [0.1, 0.15) is 12.2 Å². The van der Waals surface area contributed by atoms with E-state index in [0.717, 1.165) is 48.2 Å². The van der Waals surface area contributed by atoms with Crippen molar-refractivity contribution in [2.75, 3.05) is 26.2 Å². The highest BCUT2D eigenvalue weighted by molar-refractivity contribution is 6.35. The molecule has 1 aliphatic rings. The van der Waals surface area contributed by atoms with Gasteiger partial charge in [0.2, 0.25) is 5.88 Å². The number of benzene rings is 1. The Morgan fingerprint density at radius 1 is 1.23 bits per heavy atom. The lowest BCUT2D eigenvalue weighted by Gasteiger charge is -2.30. The van der Waals surface area contributed by atoms with E-state index in [9.17, 15) is 4.79 Å². The summed E-state index contributed by atoms with van der Waals surface area (Å²) in [6.07, 6.45) is 3.55. The Labute approximate surface area is 180 Å². The van der Waals surface area contributed by atoms with Crippen LogP contribution in [0.3, 0.4) is 0 Å². The summed E-state index contributed by atoms with van der Waals surface area (Å²) >= 11 is 6.21. The lowest BCUT2D eigenvalue weighted by molar-refractivity contribution is -0.144. The molecule has 0 radical (unpaired) electrons. The third-order valence-electron chi connectivity index (χ3n) is 5.43. The van der Waals surface area contributed by atoms with Crippen LogP contribution in [0.15, 0.2) is 47.1 Å². The fourth-order valence-electron chi connectivity index (χ4n) is 3.87. The van der Waals surface area contributed by atoms with E-state index in [1.165, 1.54) is 0 Å². The van der Waals surface area contributed by atoms with Crippen molar-refractivity contribution in [1.82, 2.24) is 9.88 Å². The lowest BCUT2D eigenvalue weighted by Crippen LogP contribution is -2.37. The van der Waals surface area contributed by atoms with Crippen molar-refractivity contribution in [3.8, 4) is 5.88 Å². The van der Waals surface area contributed by atoms with Crippen molar-refractivity contribution < 1.29 is 18.7 Å². The first-order valence-corrected chi connectivity index (χ1v) is 10.6. The second-order valence-corrected chi connectivity index (χ2v) is 7.82. The zero-order valence-corrected chi connectivity index (χ0v) is 17.7. The smallest absolute Gasteiger partial charge is 0.320 e. The summed E-state index contributed by atoms with van der Waals surface area (Å²) < 4.78 is 16.6. The number of hydrogen-bond acceptors (Lipinski definition) is 6. The molecule has 0 saturated carbocycles. The first-order chi connectivity index (χ1) is 14.6. The maximum Gasteiger partial charge on any atom is 0.320 e. The van der Waals surface area contributed by atoms with Gasteiger partial charge in [0, 0.05) is 28.6 Å². The summed E-state index contributed by atoms with van der Waals surface area (Å²) in [5.41, 5.74) is 2.70.